The molecule has 0 aliphatic carbocycles. The lowest BCUT2D eigenvalue weighted by molar-refractivity contribution is 0.0846. The molecule has 1 aliphatic heterocycles. The molecule has 0 spiro atoms. The summed E-state index contributed by atoms with van der Waals surface area (Å²) in [4.78, 5) is 11.0. The Balaban J connectivity index is 1.23. The number of nitrogens with two attached hydrogens (primary N) is 1. The van der Waals surface area contributed by atoms with Crippen LogP contribution in [0.15, 0.2) is 60.9 Å². The molecule has 38 heavy (non-hydrogen) atoms. The van der Waals surface area contributed by atoms with Crippen LogP contribution in [0.1, 0.15) is 34.2 Å². The first-order chi connectivity index (χ1) is 18.5. The first-order valence-electron chi connectivity index (χ1n) is 12.4. The van der Waals surface area contributed by atoms with Crippen LogP contribution in [0.2, 0.25) is 0 Å². The van der Waals surface area contributed by atoms with Gasteiger partial charge in [0, 0.05) is 47.1 Å². The fourth-order valence-electron chi connectivity index (χ4n) is 4.61. The third-order valence-corrected chi connectivity index (χ3v) is 7.43. The third-order valence-electron chi connectivity index (χ3n) is 6.46. The molecule has 0 radical (unpaired) electrons. The van der Waals surface area contributed by atoms with Crippen LogP contribution in [0.3, 0.4) is 0 Å². The number of benzene rings is 2. The Labute approximate surface area is 222 Å². The van der Waals surface area contributed by atoms with Gasteiger partial charge in [-0.2, -0.15) is 5.10 Å². The molecule has 8 nitrogen and oxygen atoms in total. The van der Waals surface area contributed by atoms with Crippen molar-refractivity contribution in [2.45, 2.75) is 32.3 Å². The Morgan fingerprint density at radius 2 is 1.82 bits per heavy atom. The number of hydrogen-bond donors (Lipinski definition) is 1. The molecule has 10 heteroatoms. The van der Waals surface area contributed by atoms with Gasteiger partial charge in [-0.3, -0.25) is 0 Å². The smallest absolute Gasteiger partial charge is 0.153 e. The van der Waals surface area contributed by atoms with Gasteiger partial charge in [0.15, 0.2) is 5.82 Å². The zero-order chi connectivity index (χ0) is 26.1. The molecular weight excluding hydrogens is 505 g/mol. The predicted molar refractivity (Wildman–Crippen MR) is 144 cm³/mol. The molecule has 6 rings (SSSR count). The van der Waals surface area contributed by atoms with E-state index in [9.17, 15) is 4.39 Å². The summed E-state index contributed by atoms with van der Waals surface area (Å²) in [5, 5.41) is 4.90. The molecule has 1 aliphatic rings. The second-order valence-electron chi connectivity index (χ2n) is 9.16. The van der Waals surface area contributed by atoms with Gasteiger partial charge in [-0.25, -0.2) is 19.0 Å². The number of fused-ring (bicyclic) bond motifs is 1. The zero-order valence-corrected chi connectivity index (χ0v) is 21.6. The summed E-state index contributed by atoms with van der Waals surface area (Å²) in [7, 11) is 0. The van der Waals surface area contributed by atoms with E-state index in [2.05, 4.69) is 9.97 Å². The lowest BCUT2D eigenvalue weighted by atomic mass is 9.96. The number of thiophene rings is 1. The largest absolute Gasteiger partial charge is 0.488 e. The number of rotatable bonds is 7. The monoisotopic (exact) mass is 531 g/mol. The fourth-order valence-corrected chi connectivity index (χ4v) is 5.42. The van der Waals surface area contributed by atoms with Crippen molar-refractivity contribution in [1.82, 2.24) is 19.7 Å². The van der Waals surface area contributed by atoms with Gasteiger partial charge in [0.05, 0.1) is 11.4 Å². The van der Waals surface area contributed by atoms with Crippen molar-refractivity contribution in [2.24, 2.45) is 0 Å². The fraction of sp³-hybridized carbons (Fsp3) is 0.250. The molecule has 0 bridgehead atoms. The van der Waals surface area contributed by atoms with Gasteiger partial charge in [-0.05, 0) is 56.2 Å². The lowest BCUT2D eigenvalue weighted by Crippen LogP contribution is -2.15. The van der Waals surface area contributed by atoms with E-state index in [-0.39, 0.29) is 5.92 Å². The van der Waals surface area contributed by atoms with E-state index >= 15 is 0 Å². The number of ether oxygens (including phenoxy) is 3. The molecular formula is C28H26FN5O3S. The van der Waals surface area contributed by atoms with Crippen molar-refractivity contribution >= 4 is 28.2 Å². The molecule has 0 amide bonds. The van der Waals surface area contributed by atoms with E-state index < -0.39 is 5.82 Å². The Hall–Kier alpha value is -4.02. The maximum absolute atomic E-state index is 14.3. The Morgan fingerprint density at radius 1 is 1.03 bits per heavy atom. The first-order valence-corrected chi connectivity index (χ1v) is 13.2. The molecule has 4 heterocycles. The van der Waals surface area contributed by atoms with Crippen LogP contribution >= 0.6 is 11.3 Å². The maximum Gasteiger partial charge on any atom is 0.153 e. The molecule has 1 fully saturated rings. The van der Waals surface area contributed by atoms with Crippen LogP contribution in [0.25, 0.3) is 16.7 Å². The minimum absolute atomic E-state index is 0.248. The van der Waals surface area contributed by atoms with Crippen LogP contribution < -0.4 is 15.2 Å². The summed E-state index contributed by atoms with van der Waals surface area (Å²) in [5.41, 5.74) is 9.38. The Morgan fingerprint density at radius 3 is 2.58 bits per heavy atom. The molecule has 2 aromatic carbocycles. The molecule has 0 atom stereocenters. The van der Waals surface area contributed by atoms with Crippen molar-refractivity contribution in [2.75, 3.05) is 18.9 Å². The Bertz CT molecular complexity index is 1580. The van der Waals surface area contributed by atoms with Crippen molar-refractivity contribution in [3.8, 4) is 22.9 Å². The van der Waals surface area contributed by atoms with E-state index in [0.717, 1.165) is 34.6 Å². The highest BCUT2D eigenvalue weighted by molar-refractivity contribution is 7.11. The average molecular weight is 532 g/mol. The van der Waals surface area contributed by atoms with E-state index in [1.54, 1.807) is 34.2 Å². The minimum Gasteiger partial charge on any atom is -0.488 e. The third kappa shape index (κ3) is 5.05. The molecule has 3 aromatic heterocycles. The highest BCUT2D eigenvalue weighted by Gasteiger charge is 2.25. The number of anilines is 1. The van der Waals surface area contributed by atoms with Crippen molar-refractivity contribution < 1.29 is 18.6 Å². The highest BCUT2D eigenvalue weighted by Crippen LogP contribution is 2.34. The topological polar surface area (TPSA) is 97.3 Å². The first kappa shape index (κ1) is 24.3. The van der Waals surface area contributed by atoms with Gasteiger partial charge >= 0.3 is 0 Å². The van der Waals surface area contributed by atoms with Crippen LogP contribution in [0.4, 0.5) is 10.2 Å². The van der Waals surface area contributed by atoms with Gasteiger partial charge in [-0.1, -0.05) is 0 Å². The summed E-state index contributed by atoms with van der Waals surface area (Å²) < 4.78 is 33.3. The van der Waals surface area contributed by atoms with Gasteiger partial charge < -0.3 is 19.9 Å². The SMILES string of the molecule is Cc1ccc(COc2cc(F)cc(Oc3ccc(-n4nc(C5CCOCC5)c5ncnc(N)c54)cc3)c2)s1. The minimum atomic E-state index is -0.435. The number of aromatic nitrogens is 4. The average Bonchev–Trinajstić information content (AvgIpc) is 3.52. The standard InChI is InChI=1S/C28H26FN5O3S/c1-17-2-7-24(38-17)15-36-22-12-19(29)13-23(14-22)37-21-5-3-20(4-6-21)34-27-26(31-16-32-28(27)30)25(33-34)18-8-10-35-11-9-18/h2-7,12-14,16,18H,8-11,15H2,1H3,(H2,30,31,32). The number of nitrogen functional groups attached to an aromatic ring is 1. The van der Waals surface area contributed by atoms with Crippen molar-refractivity contribution in [1.29, 1.82) is 0 Å². The van der Waals surface area contributed by atoms with E-state index in [1.165, 1.54) is 23.3 Å². The lowest BCUT2D eigenvalue weighted by Gasteiger charge is -2.20. The van der Waals surface area contributed by atoms with Crippen molar-refractivity contribution in [3.63, 3.8) is 0 Å². The van der Waals surface area contributed by atoms with E-state index in [4.69, 9.17) is 25.0 Å². The van der Waals surface area contributed by atoms with Crippen LogP contribution in [0, 0.1) is 12.7 Å². The van der Waals surface area contributed by atoms with E-state index in [1.807, 2.05) is 31.2 Å². The van der Waals surface area contributed by atoms with Gasteiger partial charge in [0.25, 0.3) is 0 Å². The summed E-state index contributed by atoms with van der Waals surface area (Å²) >= 11 is 1.65. The molecule has 2 N–H and O–H groups in total. The number of nitrogens with zero attached hydrogens (tertiary/aromatic N) is 4. The predicted octanol–water partition coefficient (Wildman–Crippen LogP) is 6.17. The summed E-state index contributed by atoms with van der Waals surface area (Å²) in [6.07, 6.45) is 3.24. The molecule has 5 aromatic rings. The number of halogens is 1. The van der Waals surface area contributed by atoms with E-state index in [0.29, 0.717) is 48.4 Å². The second kappa shape index (κ2) is 10.4. The molecule has 0 unspecified atom stereocenters. The van der Waals surface area contributed by atoms with Gasteiger partial charge in [0.2, 0.25) is 0 Å². The zero-order valence-electron chi connectivity index (χ0n) is 20.8. The summed E-state index contributed by atoms with van der Waals surface area (Å²) in [6.45, 7) is 3.81. The van der Waals surface area contributed by atoms with Crippen molar-refractivity contribution in [3.05, 3.63) is 82.2 Å². The molecule has 0 saturated carbocycles. The summed E-state index contributed by atoms with van der Waals surface area (Å²) in [6, 6.07) is 15.7. The van der Waals surface area contributed by atoms with Gasteiger partial charge in [0.1, 0.15) is 47.0 Å². The second-order valence-corrected chi connectivity index (χ2v) is 10.5. The molecule has 194 valence electrons. The van der Waals surface area contributed by atoms with Crippen LogP contribution in [-0.4, -0.2) is 33.0 Å². The Kier molecular flexibility index (Phi) is 6.65. The quantitative estimate of drug-likeness (QED) is 0.268. The van der Waals surface area contributed by atoms with Crippen LogP contribution in [-0.2, 0) is 11.3 Å². The summed E-state index contributed by atoms with van der Waals surface area (Å²) in [5.74, 6) is 1.48. The highest BCUT2D eigenvalue weighted by atomic mass is 32.1. The maximum atomic E-state index is 14.3. The number of hydrogen-bond acceptors (Lipinski definition) is 8. The van der Waals surface area contributed by atoms with Gasteiger partial charge in [-0.15, -0.1) is 11.3 Å². The van der Waals surface area contributed by atoms with Crippen LogP contribution in [0.5, 0.6) is 17.2 Å². The normalized spacial score (nSPS) is 14.2. The molecule has 1 saturated heterocycles. The number of aryl methyl sites for hydroxylation is 1.